The van der Waals surface area contributed by atoms with Crippen molar-refractivity contribution in [2.75, 3.05) is 31.1 Å². The second-order valence-corrected chi connectivity index (χ2v) is 8.91. The number of hydrogen-bond acceptors (Lipinski definition) is 8. The van der Waals surface area contributed by atoms with Gasteiger partial charge in [0.05, 0.1) is 5.54 Å². The molecule has 2 aromatic rings. The van der Waals surface area contributed by atoms with Gasteiger partial charge in [-0.25, -0.2) is 9.97 Å². The lowest BCUT2D eigenvalue weighted by Crippen LogP contribution is -2.52. The van der Waals surface area contributed by atoms with Crippen LogP contribution in [0.2, 0.25) is 0 Å². The Kier molecular flexibility index (Phi) is 6.31. The van der Waals surface area contributed by atoms with Gasteiger partial charge in [-0.1, -0.05) is 30.3 Å². The number of benzene rings is 1. The Hall–Kier alpha value is -3.15. The van der Waals surface area contributed by atoms with Crippen molar-refractivity contribution in [1.29, 1.82) is 0 Å². The quantitative estimate of drug-likeness (QED) is 0.258. The number of amides is 1. The molecule has 166 valence electrons. The molecule has 2 aliphatic heterocycles. The lowest BCUT2D eigenvalue weighted by Gasteiger charge is -2.38. The lowest BCUT2D eigenvalue weighted by atomic mass is 9.88. The first-order valence-electron chi connectivity index (χ1n) is 10.2. The first-order chi connectivity index (χ1) is 15.3. The van der Waals surface area contributed by atoms with Gasteiger partial charge in [-0.2, -0.15) is 0 Å². The number of aromatic nitrogens is 2. The highest BCUT2D eigenvalue weighted by molar-refractivity contribution is 14.1. The van der Waals surface area contributed by atoms with E-state index < -0.39 is 0 Å². The number of carbonyl (C=O) groups excluding carboxylic acids is 2. The molecule has 1 amide bonds. The van der Waals surface area contributed by atoms with E-state index in [1.807, 2.05) is 63.9 Å². The zero-order valence-electron chi connectivity index (χ0n) is 17.3. The number of anilines is 2. The fourth-order valence-electron chi connectivity index (χ4n) is 3.84. The summed E-state index contributed by atoms with van der Waals surface area (Å²) >= 11 is 1.92. The number of nitrogen functional groups attached to an aromatic ring is 2. The van der Waals surface area contributed by atoms with Crippen LogP contribution < -0.4 is 22.1 Å². The van der Waals surface area contributed by atoms with Crippen LogP contribution in [0.4, 0.5) is 11.6 Å². The van der Waals surface area contributed by atoms with Crippen molar-refractivity contribution in [1.82, 2.24) is 25.5 Å². The summed E-state index contributed by atoms with van der Waals surface area (Å²) in [6, 6.07) is 9.75. The van der Waals surface area contributed by atoms with Crippen LogP contribution in [0.15, 0.2) is 48.3 Å². The molecule has 0 saturated carbocycles. The van der Waals surface area contributed by atoms with Gasteiger partial charge in [-0.15, -0.1) is 0 Å². The number of ketones is 1. The van der Waals surface area contributed by atoms with Crippen LogP contribution in [0.25, 0.3) is 6.08 Å². The minimum absolute atomic E-state index is 0.00704. The second kappa shape index (κ2) is 9.15. The van der Waals surface area contributed by atoms with E-state index >= 15 is 0 Å². The maximum atomic E-state index is 12.6. The number of hydrogen-bond donors (Lipinski definition) is 4. The molecule has 1 aromatic heterocycles. The van der Waals surface area contributed by atoms with Crippen LogP contribution in [-0.4, -0.2) is 51.7 Å². The Morgan fingerprint density at radius 2 is 1.81 bits per heavy atom. The van der Waals surface area contributed by atoms with Gasteiger partial charge in [0.2, 0.25) is 11.7 Å². The molecule has 4 rings (SSSR count). The van der Waals surface area contributed by atoms with Crippen LogP contribution in [-0.2, 0) is 4.79 Å². The highest BCUT2D eigenvalue weighted by atomic mass is 127. The third kappa shape index (κ3) is 4.85. The second-order valence-electron chi connectivity index (χ2n) is 7.88. The Morgan fingerprint density at radius 3 is 2.53 bits per heavy atom. The van der Waals surface area contributed by atoms with E-state index in [1.54, 1.807) is 6.08 Å². The van der Waals surface area contributed by atoms with Gasteiger partial charge in [-0.3, -0.25) is 9.59 Å². The summed E-state index contributed by atoms with van der Waals surface area (Å²) < 4.78 is 0.431. The predicted molar refractivity (Wildman–Crippen MR) is 131 cm³/mol. The number of piperidine rings is 1. The molecule has 2 fully saturated rings. The molecule has 10 heteroatoms. The summed E-state index contributed by atoms with van der Waals surface area (Å²) in [4.78, 5) is 35.2. The van der Waals surface area contributed by atoms with Crippen LogP contribution in [0.1, 0.15) is 28.9 Å². The molecule has 3 heterocycles. The number of carbonyl (C=O) groups is 2. The number of rotatable bonds is 4. The number of nitrogens with two attached hydrogens (primary N) is 2. The highest BCUT2D eigenvalue weighted by Crippen LogP contribution is 2.27. The number of halogens is 1. The van der Waals surface area contributed by atoms with Crippen LogP contribution >= 0.6 is 22.6 Å². The topological polar surface area (TPSA) is 139 Å². The van der Waals surface area contributed by atoms with Crippen molar-refractivity contribution < 1.29 is 9.59 Å². The molecule has 1 aromatic carbocycles. The highest BCUT2D eigenvalue weighted by Gasteiger charge is 2.39. The minimum atomic E-state index is -0.348. The van der Waals surface area contributed by atoms with Gasteiger partial charge < -0.3 is 27.0 Å². The van der Waals surface area contributed by atoms with E-state index in [9.17, 15) is 9.59 Å². The zero-order chi connectivity index (χ0) is 22.7. The molecule has 9 nitrogen and oxygen atoms in total. The van der Waals surface area contributed by atoms with Crippen LogP contribution in [0.3, 0.4) is 0 Å². The predicted octanol–water partition coefficient (Wildman–Crippen LogP) is 1.54. The summed E-state index contributed by atoms with van der Waals surface area (Å²) in [5.74, 6) is 0.481. The third-order valence-corrected chi connectivity index (χ3v) is 6.47. The van der Waals surface area contributed by atoms with Gasteiger partial charge in [0.15, 0.2) is 17.3 Å². The van der Waals surface area contributed by atoms with Crippen molar-refractivity contribution in [3.05, 3.63) is 63.3 Å². The molecule has 0 aliphatic carbocycles. The van der Waals surface area contributed by atoms with Crippen molar-refractivity contribution in [3.63, 3.8) is 0 Å². The van der Waals surface area contributed by atoms with Crippen LogP contribution in [0, 0.1) is 3.70 Å². The maximum Gasteiger partial charge on any atom is 0.246 e. The van der Waals surface area contributed by atoms with E-state index in [4.69, 9.17) is 11.5 Å². The molecule has 0 bridgehead atoms. The van der Waals surface area contributed by atoms with Gasteiger partial charge in [0.1, 0.15) is 9.52 Å². The molecular weight excluding hydrogens is 521 g/mol. The van der Waals surface area contributed by atoms with Gasteiger partial charge >= 0.3 is 0 Å². The summed E-state index contributed by atoms with van der Waals surface area (Å²) in [5.41, 5.74) is 12.4. The van der Waals surface area contributed by atoms with E-state index in [0.717, 1.165) is 18.4 Å². The molecular formula is C22H24IN7O2. The van der Waals surface area contributed by atoms with Gasteiger partial charge in [-0.05, 0) is 47.1 Å². The Labute approximate surface area is 199 Å². The number of nitrogens with zero attached hydrogens (tertiary/aromatic N) is 3. The zero-order valence-corrected chi connectivity index (χ0v) is 19.5. The molecule has 0 unspecified atom stereocenters. The van der Waals surface area contributed by atoms with Gasteiger partial charge in [0, 0.05) is 31.8 Å². The van der Waals surface area contributed by atoms with Gasteiger partial charge in [0.25, 0.3) is 0 Å². The third-order valence-electron chi connectivity index (χ3n) is 5.68. The van der Waals surface area contributed by atoms with Crippen LogP contribution in [0.5, 0.6) is 0 Å². The average Bonchev–Trinajstić information content (AvgIpc) is 3.17. The molecule has 32 heavy (non-hydrogen) atoms. The van der Waals surface area contributed by atoms with Crippen molar-refractivity contribution >= 4 is 52.0 Å². The molecule has 2 aliphatic rings. The van der Waals surface area contributed by atoms with E-state index in [-0.39, 0.29) is 34.6 Å². The average molecular weight is 545 g/mol. The number of nitrogens with one attached hydrogen (secondary N) is 2. The molecule has 2 saturated heterocycles. The molecule has 0 atom stereocenters. The van der Waals surface area contributed by atoms with Crippen molar-refractivity contribution in [3.8, 4) is 0 Å². The normalized spacial score (nSPS) is 18.7. The van der Waals surface area contributed by atoms with E-state index in [2.05, 4.69) is 20.6 Å². The Balaban J connectivity index is 1.35. The first kappa shape index (κ1) is 22.1. The summed E-state index contributed by atoms with van der Waals surface area (Å²) in [5, 5.41) is 6.68. The summed E-state index contributed by atoms with van der Waals surface area (Å²) in [6.45, 7) is 1.96. The monoisotopic (exact) mass is 545 g/mol. The number of likely N-dealkylation sites (tertiary alicyclic amines) is 1. The SMILES string of the molecule is Nc1nc(N)c(C(=O)/C=C2\NCC3(CCN(C(=O)/C=C/c4ccccc4)CC3)N2)nc1I. The van der Waals surface area contributed by atoms with E-state index in [1.165, 1.54) is 6.08 Å². The minimum Gasteiger partial charge on any atom is -0.382 e. The fourth-order valence-corrected chi connectivity index (χ4v) is 4.20. The van der Waals surface area contributed by atoms with Crippen molar-refractivity contribution in [2.45, 2.75) is 18.4 Å². The van der Waals surface area contributed by atoms with E-state index in [0.29, 0.717) is 29.2 Å². The Morgan fingerprint density at radius 1 is 1.09 bits per heavy atom. The molecule has 1 spiro atoms. The molecule has 6 N–H and O–H groups in total. The first-order valence-corrected chi connectivity index (χ1v) is 11.3. The summed E-state index contributed by atoms with van der Waals surface area (Å²) in [7, 11) is 0. The summed E-state index contributed by atoms with van der Waals surface area (Å²) in [6.07, 6.45) is 6.45. The number of allylic oxidation sites excluding steroid dienone is 1. The fraction of sp³-hybridized carbons (Fsp3) is 0.273. The maximum absolute atomic E-state index is 12.6. The Bertz CT molecular complexity index is 1090. The largest absolute Gasteiger partial charge is 0.382 e. The lowest BCUT2D eigenvalue weighted by molar-refractivity contribution is -0.127. The van der Waals surface area contributed by atoms with Crippen molar-refractivity contribution in [2.24, 2.45) is 0 Å². The standard InChI is InChI=1S/C22H24IN7O2/c23-19-21(25)28-20(24)18(27-19)15(31)12-16-26-13-22(29-16)8-10-30(11-9-22)17(32)7-6-14-4-2-1-3-5-14/h1-7,12,26,29H,8-11,13H2,(H4,24,25,28)/b7-6+,16-12+. The molecule has 0 radical (unpaired) electrons. The smallest absolute Gasteiger partial charge is 0.246 e.